The van der Waals surface area contributed by atoms with Gasteiger partial charge in [0.25, 0.3) is 0 Å². The number of carboxylic acid groups (broad SMARTS) is 1. The molecule has 0 rings (SSSR count). The van der Waals surface area contributed by atoms with E-state index in [-0.39, 0.29) is 6.42 Å². The Morgan fingerprint density at radius 3 is 2.19 bits per heavy atom. The molecule has 0 saturated carbocycles. The second-order valence-corrected chi connectivity index (χ2v) is 3.99. The SMILES string of the molecule is CCCCCC/C=C/C=C/CCCC(=O)O. The number of hydrogen-bond acceptors (Lipinski definition) is 1. The third kappa shape index (κ3) is 12.9. The smallest absolute Gasteiger partial charge is 0.303 e. The van der Waals surface area contributed by atoms with Gasteiger partial charge in [0.1, 0.15) is 0 Å². The van der Waals surface area contributed by atoms with E-state index in [1.54, 1.807) is 0 Å². The molecule has 0 aromatic carbocycles. The van der Waals surface area contributed by atoms with Crippen molar-refractivity contribution in [2.45, 2.75) is 58.3 Å². The first kappa shape index (κ1) is 14.9. The van der Waals surface area contributed by atoms with Gasteiger partial charge in [-0.25, -0.2) is 0 Å². The minimum absolute atomic E-state index is 0.269. The number of rotatable bonds is 10. The number of carbonyl (C=O) groups is 1. The van der Waals surface area contributed by atoms with Crippen LogP contribution in [0.5, 0.6) is 0 Å². The minimum Gasteiger partial charge on any atom is -0.481 e. The van der Waals surface area contributed by atoms with Gasteiger partial charge < -0.3 is 5.11 Å². The summed E-state index contributed by atoms with van der Waals surface area (Å²) >= 11 is 0. The fraction of sp³-hybridized carbons (Fsp3) is 0.643. The molecule has 0 atom stereocenters. The van der Waals surface area contributed by atoms with Crippen molar-refractivity contribution < 1.29 is 9.90 Å². The molecule has 0 unspecified atom stereocenters. The highest BCUT2D eigenvalue weighted by molar-refractivity contribution is 5.66. The molecule has 0 bridgehead atoms. The van der Waals surface area contributed by atoms with Crippen LogP contribution in [0.15, 0.2) is 24.3 Å². The summed E-state index contributed by atoms with van der Waals surface area (Å²) in [5.74, 6) is -0.708. The zero-order chi connectivity index (χ0) is 12.1. The van der Waals surface area contributed by atoms with E-state index in [0.29, 0.717) is 0 Å². The van der Waals surface area contributed by atoms with Gasteiger partial charge in [0, 0.05) is 6.42 Å². The average molecular weight is 224 g/mol. The second kappa shape index (κ2) is 12.0. The van der Waals surface area contributed by atoms with Crippen LogP contribution in [-0.2, 0) is 4.79 Å². The van der Waals surface area contributed by atoms with Gasteiger partial charge in [-0.3, -0.25) is 4.79 Å². The summed E-state index contributed by atoms with van der Waals surface area (Å²) in [7, 11) is 0. The van der Waals surface area contributed by atoms with Crippen molar-refractivity contribution in [3.8, 4) is 0 Å². The molecule has 0 aliphatic carbocycles. The molecule has 0 fully saturated rings. The van der Waals surface area contributed by atoms with Gasteiger partial charge in [0.2, 0.25) is 0 Å². The van der Waals surface area contributed by atoms with Crippen LogP contribution in [0.3, 0.4) is 0 Å². The molecule has 0 aromatic heterocycles. The van der Waals surface area contributed by atoms with Gasteiger partial charge >= 0.3 is 5.97 Å². The lowest BCUT2D eigenvalue weighted by Gasteiger charge is -1.93. The molecule has 0 saturated heterocycles. The van der Waals surface area contributed by atoms with E-state index in [0.717, 1.165) is 19.3 Å². The Balaban J connectivity index is 3.24. The molecule has 2 heteroatoms. The lowest BCUT2D eigenvalue weighted by molar-refractivity contribution is -0.137. The van der Waals surface area contributed by atoms with Gasteiger partial charge in [-0.05, 0) is 25.7 Å². The third-order valence-electron chi connectivity index (χ3n) is 2.37. The molecule has 0 aromatic rings. The summed E-state index contributed by atoms with van der Waals surface area (Å²) < 4.78 is 0. The first-order valence-corrected chi connectivity index (χ1v) is 6.30. The van der Waals surface area contributed by atoms with E-state index in [1.165, 1.54) is 25.7 Å². The fourth-order valence-electron chi connectivity index (χ4n) is 1.41. The van der Waals surface area contributed by atoms with Crippen LogP contribution in [0.2, 0.25) is 0 Å². The van der Waals surface area contributed by atoms with Crippen molar-refractivity contribution in [3.05, 3.63) is 24.3 Å². The predicted octanol–water partition coefficient (Wildman–Crippen LogP) is 4.32. The highest BCUT2D eigenvalue weighted by Gasteiger charge is 1.92. The molecule has 0 spiro atoms. The Hall–Kier alpha value is -1.05. The van der Waals surface area contributed by atoms with Crippen LogP contribution >= 0.6 is 0 Å². The quantitative estimate of drug-likeness (QED) is 0.443. The first-order chi connectivity index (χ1) is 7.77. The van der Waals surface area contributed by atoms with Crippen LogP contribution in [0, 0.1) is 0 Å². The molecule has 2 nitrogen and oxygen atoms in total. The number of hydrogen-bond donors (Lipinski definition) is 1. The van der Waals surface area contributed by atoms with E-state index in [9.17, 15) is 4.79 Å². The average Bonchev–Trinajstić information content (AvgIpc) is 2.25. The summed E-state index contributed by atoms with van der Waals surface area (Å²) in [6.07, 6.45) is 16.5. The Bertz CT molecular complexity index is 217. The molecule has 0 amide bonds. The Morgan fingerprint density at radius 2 is 1.62 bits per heavy atom. The van der Waals surface area contributed by atoms with Crippen LogP contribution in [0.1, 0.15) is 58.3 Å². The lowest BCUT2D eigenvalue weighted by atomic mass is 10.1. The summed E-state index contributed by atoms with van der Waals surface area (Å²) in [4.78, 5) is 10.2. The van der Waals surface area contributed by atoms with Crippen LogP contribution in [0.25, 0.3) is 0 Å². The monoisotopic (exact) mass is 224 g/mol. The fourth-order valence-corrected chi connectivity index (χ4v) is 1.41. The second-order valence-electron chi connectivity index (χ2n) is 3.99. The maximum Gasteiger partial charge on any atom is 0.303 e. The van der Waals surface area contributed by atoms with Crippen molar-refractivity contribution in [1.82, 2.24) is 0 Å². The zero-order valence-electron chi connectivity index (χ0n) is 10.3. The largest absolute Gasteiger partial charge is 0.481 e. The topological polar surface area (TPSA) is 37.3 Å². The zero-order valence-corrected chi connectivity index (χ0v) is 10.3. The van der Waals surface area contributed by atoms with E-state index in [4.69, 9.17) is 5.11 Å². The van der Waals surface area contributed by atoms with Gasteiger partial charge in [-0.2, -0.15) is 0 Å². The van der Waals surface area contributed by atoms with Crippen molar-refractivity contribution in [1.29, 1.82) is 0 Å². The standard InChI is InChI=1S/C14H24O2/c1-2-3-4-5-6-7-8-9-10-11-12-13-14(15)16/h7-10H,2-6,11-13H2,1H3,(H,15,16)/b8-7+,10-9+. The van der Waals surface area contributed by atoms with Crippen LogP contribution in [0.4, 0.5) is 0 Å². The molecule has 0 heterocycles. The molecule has 16 heavy (non-hydrogen) atoms. The molecular formula is C14H24O2. The predicted molar refractivity (Wildman–Crippen MR) is 68.5 cm³/mol. The van der Waals surface area contributed by atoms with Gasteiger partial charge in [-0.1, -0.05) is 50.5 Å². The Morgan fingerprint density at radius 1 is 1.00 bits per heavy atom. The molecule has 92 valence electrons. The summed E-state index contributed by atoms with van der Waals surface area (Å²) in [5.41, 5.74) is 0. The number of carboxylic acids is 1. The van der Waals surface area contributed by atoms with Crippen molar-refractivity contribution in [3.63, 3.8) is 0 Å². The van der Waals surface area contributed by atoms with Crippen molar-refractivity contribution in [2.24, 2.45) is 0 Å². The van der Waals surface area contributed by atoms with E-state index < -0.39 is 5.97 Å². The number of aliphatic carboxylic acids is 1. The van der Waals surface area contributed by atoms with Crippen LogP contribution < -0.4 is 0 Å². The molecule has 0 aliphatic heterocycles. The third-order valence-corrected chi connectivity index (χ3v) is 2.37. The molecule has 0 aliphatic rings. The highest BCUT2D eigenvalue weighted by Crippen LogP contribution is 2.03. The first-order valence-electron chi connectivity index (χ1n) is 6.30. The van der Waals surface area contributed by atoms with E-state index >= 15 is 0 Å². The lowest BCUT2D eigenvalue weighted by Crippen LogP contribution is -1.92. The van der Waals surface area contributed by atoms with Crippen molar-refractivity contribution >= 4 is 5.97 Å². The molecule has 0 radical (unpaired) electrons. The van der Waals surface area contributed by atoms with Gasteiger partial charge in [-0.15, -0.1) is 0 Å². The van der Waals surface area contributed by atoms with E-state index in [2.05, 4.69) is 19.1 Å². The number of unbranched alkanes of at least 4 members (excludes halogenated alkanes) is 5. The highest BCUT2D eigenvalue weighted by atomic mass is 16.4. The maximum atomic E-state index is 10.2. The summed E-state index contributed by atoms with van der Waals surface area (Å²) in [6, 6.07) is 0. The number of allylic oxidation sites excluding steroid dienone is 4. The van der Waals surface area contributed by atoms with Gasteiger partial charge in [0.05, 0.1) is 0 Å². The minimum atomic E-state index is -0.708. The molecule has 1 N–H and O–H groups in total. The normalized spacial score (nSPS) is 11.6. The Labute approximate surface area is 99.1 Å². The summed E-state index contributed by atoms with van der Waals surface area (Å²) in [6.45, 7) is 2.22. The van der Waals surface area contributed by atoms with Crippen molar-refractivity contribution in [2.75, 3.05) is 0 Å². The molecular weight excluding hydrogens is 200 g/mol. The summed E-state index contributed by atoms with van der Waals surface area (Å²) in [5, 5.41) is 8.42. The van der Waals surface area contributed by atoms with E-state index in [1.807, 2.05) is 12.2 Å². The maximum absolute atomic E-state index is 10.2. The van der Waals surface area contributed by atoms with Gasteiger partial charge in [0.15, 0.2) is 0 Å². The Kier molecular flexibility index (Phi) is 11.2. The van der Waals surface area contributed by atoms with Crippen LogP contribution in [-0.4, -0.2) is 11.1 Å².